The predicted molar refractivity (Wildman–Crippen MR) is 135 cm³/mol. The lowest BCUT2D eigenvalue weighted by molar-refractivity contribution is 0.463. The largest absolute Gasteiger partial charge is 0.345 e. The van der Waals surface area contributed by atoms with Crippen LogP contribution in [0.4, 0.5) is 0 Å². The van der Waals surface area contributed by atoms with Crippen molar-refractivity contribution < 1.29 is 0 Å². The van der Waals surface area contributed by atoms with Crippen LogP contribution in [0, 0.1) is 0 Å². The van der Waals surface area contributed by atoms with Gasteiger partial charge in [-0.25, -0.2) is 0 Å². The van der Waals surface area contributed by atoms with E-state index in [1.807, 2.05) is 72.7 Å². The van der Waals surface area contributed by atoms with Crippen LogP contribution in [-0.4, -0.2) is 24.1 Å². The lowest BCUT2D eigenvalue weighted by atomic mass is 9.91. The molecule has 1 aromatic carbocycles. The zero-order valence-electron chi connectivity index (χ0n) is 18.9. The molecule has 0 atom stereocenters. The second-order valence-electron chi connectivity index (χ2n) is 8.68. The van der Waals surface area contributed by atoms with Crippen LogP contribution in [0.15, 0.2) is 103 Å². The van der Waals surface area contributed by atoms with Crippen LogP contribution >= 0.6 is 0 Å². The van der Waals surface area contributed by atoms with Gasteiger partial charge in [0.25, 0.3) is 5.56 Å². The molecular weight excluding hydrogens is 422 g/mol. The van der Waals surface area contributed by atoms with Crippen molar-refractivity contribution in [2.45, 2.75) is 12.5 Å². The first-order valence-electron chi connectivity index (χ1n) is 11.2. The van der Waals surface area contributed by atoms with Crippen LogP contribution in [0.2, 0.25) is 0 Å². The molecule has 0 radical (unpaired) electrons. The van der Waals surface area contributed by atoms with E-state index >= 15 is 0 Å². The number of benzene rings is 1. The lowest BCUT2D eigenvalue weighted by Crippen LogP contribution is -2.34. The Labute approximate surface area is 196 Å². The number of rotatable bonds is 4. The van der Waals surface area contributed by atoms with Gasteiger partial charge in [0, 0.05) is 54.5 Å². The number of H-pyrrole nitrogens is 1. The molecule has 166 valence electrons. The molecular formula is C28H23N5O. The molecule has 0 amide bonds. The summed E-state index contributed by atoms with van der Waals surface area (Å²) in [5.41, 5.74) is 4.93. The van der Waals surface area contributed by atoms with Crippen LogP contribution in [0.3, 0.4) is 0 Å². The summed E-state index contributed by atoms with van der Waals surface area (Å²) in [6, 6.07) is 22.5. The number of fused-ring (bicyclic) bond motifs is 2. The third-order valence-corrected chi connectivity index (χ3v) is 6.71. The Morgan fingerprint density at radius 3 is 2.32 bits per heavy atom. The highest BCUT2D eigenvalue weighted by molar-refractivity contribution is 5.98. The molecule has 0 spiro atoms. The predicted octanol–water partition coefficient (Wildman–Crippen LogP) is 5.09. The van der Waals surface area contributed by atoms with Crippen molar-refractivity contribution in [3.63, 3.8) is 0 Å². The van der Waals surface area contributed by atoms with Crippen molar-refractivity contribution in [2.24, 2.45) is 7.05 Å². The fourth-order valence-electron chi connectivity index (χ4n) is 4.96. The van der Waals surface area contributed by atoms with E-state index in [2.05, 4.69) is 46.9 Å². The fraction of sp³-hybridized carbons (Fsp3) is 0.107. The molecule has 0 aliphatic heterocycles. The minimum Gasteiger partial charge on any atom is -0.345 e. The van der Waals surface area contributed by atoms with Gasteiger partial charge in [-0.1, -0.05) is 24.3 Å². The Bertz CT molecular complexity index is 1650. The molecule has 6 nitrogen and oxygen atoms in total. The summed E-state index contributed by atoms with van der Waals surface area (Å²) in [5.74, 6) is 0. The van der Waals surface area contributed by atoms with Crippen LogP contribution in [0.5, 0.6) is 0 Å². The van der Waals surface area contributed by atoms with Crippen molar-refractivity contribution in [3.05, 3.63) is 119 Å². The third kappa shape index (κ3) is 2.92. The molecule has 0 saturated heterocycles. The highest BCUT2D eigenvalue weighted by Crippen LogP contribution is 2.37. The van der Waals surface area contributed by atoms with Gasteiger partial charge in [-0.3, -0.25) is 14.8 Å². The number of hydrogen-bond donors (Lipinski definition) is 1. The summed E-state index contributed by atoms with van der Waals surface area (Å²) >= 11 is 0. The maximum absolute atomic E-state index is 12.4. The fourth-order valence-corrected chi connectivity index (χ4v) is 4.96. The Hall–Kier alpha value is -4.45. The lowest BCUT2D eigenvalue weighted by Gasteiger charge is -2.31. The Kier molecular flexibility index (Phi) is 4.48. The zero-order chi connectivity index (χ0) is 23.3. The molecule has 6 rings (SSSR count). The van der Waals surface area contributed by atoms with E-state index in [1.165, 1.54) is 0 Å². The number of nitrogens with one attached hydrogen (secondary N) is 1. The maximum atomic E-state index is 12.4. The Balaban J connectivity index is 1.62. The van der Waals surface area contributed by atoms with Crippen molar-refractivity contribution in [3.8, 4) is 11.1 Å². The second-order valence-corrected chi connectivity index (χ2v) is 8.68. The van der Waals surface area contributed by atoms with E-state index in [0.29, 0.717) is 5.52 Å². The van der Waals surface area contributed by atoms with Gasteiger partial charge >= 0.3 is 0 Å². The molecule has 0 bridgehead atoms. The number of nitrogens with zero attached hydrogens (tertiary/aromatic N) is 4. The minimum absolute atomic E-state index is 0.0893. The van der Waals surface area contributed by atoms with Gasteiger partial charge < -0.3 is 14.1 Å². The van der Waals surface area contributed by atoms with Crippen LogP contribution in [0.1, 0.15) is 18.3 Å². The molecule has 0 saturated carbocycles. The van der Waals surface area contributed by atoms with Crippen molar-refractivity contribution in [1.82, 2.24) is 24.1 Å². The molecule has 5 aromatic heterocycles. The first-order chi connectivity index (χ1) is 16.6. The van der Waals surface area contributed by atoms with Crippen LogP contribution in [0.25, 0.3) is 32.9 Å². The van der Waals surface area contributed by atoms with E-state index in [9.17, 15) is 4.79 Å². The number of aryl methyl sites for hydroxylation is 1. The molecule has 34 heavy (non-hydrogen) atoms. The SMILES string of the molecule is Cn1cc(-c2ccc3ccn(C(C)(c4ccccn4)c4ccccn4)c3c2)c2cc[nH]c(=O)c21. The molecule has 1 N–H and O–H groups in total. The molecule has 0 fully saturated rings. The van der Waals surface area contributed by atoms with E-state index in [-0.39, 0.29) is 5.56 Å². The normalized spacial score (nSPS) is 11.9. The summed E-state index contributed by atoms with van der Waals surface area (Å²) in [6.45, 7) is 2.15. The average molecular weight is 446 g/mol. The average Bonchev–Trinajstić information content (AvgIpc) is 3.46. The van der Waals surface area contributed by atoms with Crippen LogP contribution in [-0.2, 0) is 12.6 Å². The topological polar surface area (TPSA) is 68.5 Å². The van der Waals surface area contributed by atoms with Gasteiger partial charge in [-0.2, -0.15) is 0 Å². The van der Waals surface area contributed by atoms with Gasteiger partial charge in [0.15, 0.2) is 0 Å². The molecule has 0 aliphatic carbocycles. The number of hydrogen-bond acceptors (Lipinski definition) is 3. The highest BCUT2D eigenvalue weighted by atomic mass is 16.1. The maximum Gasteiger partial charge on any atom is 0.272 e. The zero-order valence-corrected chi connectivity index (χ0v) is 18.9. The molecule has 5 heterocycles. The van der Waals surface area contributed by atoms with Gasteiger partial charge in [-0.15, -0.1) is 0 Å². The smallest absolute Gasteiger partial charge is 0.272 e. The first kappa shape index (κ1) is 20.2. The quantitative estimate of drug-likeness (QED) is 0.411. The summed E-state index contributed by atoms with van der Waals surface area (Å²) < 4.78 is 4.13. The monoisotopic (exact) mass is 445 g/mol. The molecule has 6 heteroatoms. The highest BCUT2D eigenvalue weighted by Gasteiger charge is 2.34. The summed E-state index contributed by atoms with van der Waals surface area (Å²) in [5, 5.41) is 2.06. The molecule has 0 aliphatic rings. The summed E-state index contributed by atoms with van der Waals surface area (Å²) in [7, 11) is 1.90. The Morgan fingerprint density at radius 2 is 1.65 bits per heavy atom. The first-order valence-corrected chi connectivity index (χ1v) is 11.2. The standard InChI is InChI=1S/C28H23N5O/c1-28(24-7-3-5-13-29-24,25-8-4-6-14-30-25)33-16-12-19-9-10-20(17-23(19)33)22-18-32(2)26-21(22)11-15-31-27(26)34/h3-18H,1-2H3,(H,31,34). The van der Waals surface area contributed by atoms with E-state index < -0.39 is 5.54 Å². The van der Waals surface area contributed by atoms with Crippen molar-refractivity contribution in [2.75, 3.05) is 0 Å². The number of aromatic nitrogens is 5. The van der Waals surface area contributed by atoms with E-state index in [0.717, 1.165) is 38.8 Å². The Morgan fingerprint density at radius 1 is 0.912 bits per heavy atom. The van der Waals surface area contributed by atoms with E-state index in [4.69, 9.17) is 9.97 Å². The minimum atomic E-state index is -0.612. The van der Waals surface area contributed by atoms with Gasteiger partial charge in [0.1, 0.15) is 11.1 Å². The summed E-state index contributed by atoms with van der Waals surface area (Å²) in [4.78, 5) is 24.6. The molecule has 6 aromatic rings. The van der Waals surface area contributed by atoms with Gasteiger partial charge in [-0.05, 0) is 60.3 Å². The van der Waals surface area contributed by atoms with Crippen molar-refractivity contribution in [1.29, 1.82) is 0 Å². The third-order valence-electron chi connectivity index (χ3n) is 6.71. The summed E-state index contributed by atoms with van der Waals surface area (Å²) in [6.07, 6.45) is 9.47. The number of pyridine rings is 3. The van der Waals surface area contributed by atoms with E-state index in [1.54, 1.807) is 6.20 Å². The van der Waals surface area contributed by atoms with Crippen molar-refractivity contribution >= 4 is 21.8 Å². The van der Waals surface area contributed by atoms with Gasteiger partial charge in [0.2, 0.25) is 0 Å². The second kappa shape index (κ2) is 7.56. The number of aromatic amines is 1. The van der Waals surface area contributed by atoms with Gasteiger partial charge in [0.05, 0.1) is 11.4 Å². The van der Waals surface area contributed by atoms with Crippen LogP contribution < -0.4 is 5.56 Å². The molecule has 0 unspecified atom stereocenters.